The molecule has 3 aliphatic carbocycles. The van der Waals surface area contributed by atoms with Crippen LogP contribution < -0.4 is 9.64 Å². The second-order valence-corrected chi connectivity index (χ2v) is 9.69. The fraction of sp³-hybridized carbons (Fsp3) is 0.161. The summed E-state index contributed by atoms with van der Waals surface area (Å²) in [5, 5.41) is 0. The second-order valence-electron chi connectivity index (χ2n) is 9.69. The lowest BCUT2D eigenvalue weighted by atomic mass is 9.55. The van der Waals surface area contributed by atoms with Gasteiger partial charge in [-0.2, -0.15) is 0 Å². The third-order valence-corrected chi connectivity index (χ3v) is 7.77. The van der Waals surface area contributed by atoms with Gasteiger partial charge in [-0.05, 0) is 71.1 Å². The second kappa shape index (κ2) is 7.41. The van der Waals surface area contributed by atoms with Gasteiger partial charge in [0.25, 0.3) is 0 Å². The SMILES string of the molecule is Cc1cccc(Oc2ccc(N3C(=O)C4C5c6ccccc6C(c6ccccc65)C4C3=O)cc2)c1. The highest BCUT2D eigenvalue weighted by atomic mass is 16.5. The average Bonchev–Trinajstić information content (AvgIpc) is 3.15. The lowest BCUT2D eigenvalue weighted by molar-refractivity contribution is -0.122. The van der Waals surface area contributed by atoms with Crippen molar-refractivity contribution in [3.05, 3.63) is 125 Å². The van der Waals surface area contributed by atoms with Crippen molar-refractivity contribution >= 4 is 17.5 Å². The molecule has 4 heteroatoms. The number of benzene rings is 4. The third-order valence-electron chi connectivity index (χ3n) is 7.77. The van der Waals surface area contributed by atoms with Gasteiger partial charge in [-0.25, -0.2) is 4.90 Å². The van der Waals surface area contributed by atoms with E-state index in [0.29, 0.717) is 11.4 Å². The number of aryl methyl sites for hydroxylation is 1. The van der Waals surface area contributed by atoms with Crippen molar-refractivity contribution in [2.45, 2.75) is 18.8 Å². The van der Waals surface area contributed by atoms with Crippen LogP contribution in [0.25, 0.3) is 0 Å². The first-order valence-corrected chi connectivity index (χ1v) is 12.0. The molecule has 4 aromatic rings. The fourth-order valence-corrected chi connectivity index (χ4v) is 6.41. The number of imide groups is 1. The van der Waals surface area contributed by atoms with Crippen LogP contribution in [-0.4, -0.2) is 11.8 Å². The number of hydrogen-bond donors (Lipinski definition) is 0. The molecule has 35 heavy (non-hydrogen) atoms. The van der Waals surface area contributed by atoms with Crippen molar-refractivity contribution in [1.82, 2.24) is 0 Å². The molecule has 4 nitrogen and oxygen atoms in total. The summed E-state index contributed by atoms with van der Waals surface area (Å²) in [6, 6.07) is 31.7. The van der Waals surface area contributed by atoms with E-state index in [2.05, 4.69) is 24.3 Å². The zero-order chi connectivity index (χ0) is 23.7. The summed E-state index contributed by atoms with van der Waals surface area (Å²) in [6.45, 7) is 2.02. The molecule has 0 radical (unpaired) electrons. The molecule has 2 unspecified atom stereocenters. The first-order valence-electron chi connectivity index (χ1n) is 12.0. The van der Waals surface area contributed by atoms with Crippen LogP contribution in [0.5, 0.6) is 11.5 Å². The van der Waals surface area contributed by atoms with Crippen LogP contribution in [0.3, 0.4) is 0 Å². The highest BCUT2D eigenvalue weighted by molar-refractivity contribution is 6.23. The Bertz CT molecular complexity index is 1390. The van der Waals surface area contributed by atoms with Crippen molar-refractivity contribution in [3.63, 3.8) is 0 Å². The smallest absolute Gasteiger partial charge is 0.238 e. The average molecular weight is 458 g/mol. The quantitative estimate of drug-likeness (QED) is 0.345. The van der Waals surface area contributed by atoms with E-state index in [1.807, 2.05) is 67.6 Å². The Hall–Kier alpha value is -4.18. The van der Waals surface area contributed by atoms with E-state index in [4.69, 9.17) is 4.74 Å². The van der Waals surface area contributed by atoms with Gasteiger partial charge in [0.2, 0.25) is 11.8 Å². The number of rotatable bonds is 3. The van der Waals surface area contributed by atoms with Crippen molar-refractivity contribution in [2.75, 3.05) is 4.90 Å². The first kappa shape index (κ1) is 20.2. The summed E-state index contributed by atoms with van der Waals surface area (Å²) in [5.74, 6) is 0.268. The maximum absolute atomic E-state index is 13.8. The zero-order valence-electron chi connectivity index (χ0n) is 19.2. The zero-order valence-corrected chi connectivity index (χ0v) is 19.2. The molecular weight excluding hydrogens is 434 g/mol. The lowest BCUT2D eigenvalue weighted by Crippen LogP contribution is -2.41. The van der Waals surface area contributed by atoms with Crippen LogP contribution in [0.4, 0.5) is 5.69 Å². The van der Waals surface area contributed by atoms with Gasteiger partial charge in [0.05, 0.1) is 17.5 Å². The van der Waals surface area contributed by atoms with E-state index in [1.165, 1.54) is 27.2 Å². The predicted molar refractivity (Wildman–Crippen MR) is 134 cm³/mol. The molecule has 0 spiro atoms. The molecule has 1 heterocycles. The molecule has 2 amide bonds. The van der Waals surface area contributed by atoms with Gasteiger partial charge in [-0.1, -0.05) is 60.7 Å². The summed E-state index contributed by atoms with van der Waals surface area (Å²) in [6.07, 6.45) is 0. The summed E-state index contributed by atoms with van der Waals surface area (Å²) in [7, 11) is 0. The number of carbonyl (C=O) groups excluding carboxylic acids is 2. The number of hydrogen-bond acceptors (Lipinski definition) is 3. The van der Waals surface area contributed by atoms with Crippen LogP contribution >= 0.6 is 0 Å². The van der Waals surface area contributed by atoms with Gasteiger partial charge in [-0.3, -0.25) is 9.59 Å². The number of amides is 2. The van der Waals surface area contributed by atoms with E-state index in [1.54, 1.807) is 12.1 Å². The molecule has 8 rings (SSSR count). The van der Waals surface area contributed by atoms with E-state index in [9.17, 15) is 9.59 Å². The Morgan fingerprint density at radius 2 is 1.11 bits per heavy atom. The Labute approximate surface area is 203 Å². The highest BCUT2D eigenvalue weighted by Crippen LogP contribution is 2.61. The number of carbonyl (C=O) groups is 2. The maximum atomic E-state index is 13.8. The van der Waals surface area contributed by atoms with E-state index < -0.39 is 0 Å². The number of anilines is 1. The third kappa shape index (κ3) is 2.86. The van der Waals surface area contributed by atoms with Crippen LogP contribution in [0.1, 0.15) is 39.7 Å². The van der Waals surface area contributed by atoms with E-state index in [0.717, 1.165) is 11.3 Å². The minimum absolute atomic E-state index is 0.0947. The van der Waals surface area contributed by atoms with Gasteiger partial charge in [0.1, 0.15) is 11.5 Å². The molecule has 2 atom stereocenters. The Kier molecular flexibility index (Phi) is 4.28. The molecule has 1 aliphatic heterocycles. The van der Waals surface area contributed by atoms with Crippen LogP contribution in [0, 0.1) is 18.8 Å². The summed E-state index contributed by atoms with van der Waals surface area (Å²) in [4.78, 5) is 29.1. The van der Waals surface area contributed by atoms with Crippen molar-refractivity contribution in [3.8, 4) is 11.5 Å². The molecule has 0 saturated carbocycles. The minimum atomic E-state index is -0.375. The van der Waals surface area contributed by atoms with Gasteiger partial charge in [0, 0.05) is 11.8 Å². The van der Waals surface area contributed by atoms with Crippen LogP contribution in [0.15, 0.2) is 97.1 Å². The van der Waals surface area contributed by atoms with Crippen LogP contribution in [0.2, 0.25) is 0 Å². The van der Waals surface area contributed by atoms with Crippen molar-refractivity contribution in [1.29, 1.82) is 0 Å². The van der Waals surface area contributed by atoms with Gasteiger partial charge in [0.15, 0.2) is 0 Å². The van der Waals surface area contributed by atoms with E-state index >= 15 is 0 Å². The van der Waals surface area contributed by atoms with Gasteiger partial charge < -0.3 is 4.74 Å². The Morgan fingerprint density at radius 1 is 0.600 bits per heavy atom. The van der Waals surface area contributed by atoms with Gasteiger partial charge in [-0.15, -0.1) is 0 Å². The summed E-state index contributed by atoms with van der Waals surface area (Å²) < 4.78 is 5.97. The Balaban J connectivity index is 1.26. The molecule has 0 N–H and O–H groups in total. The first-order chi connectivity index (χ1) is 17.1. The topological polar surface area (TPSA) is 46.6 Å². The minimum Gasteiger partial charge on any atom is -0.457 e. The molecular formula is C31H23NO3. The molecule has 1 saturated heterocycles. The van der Waals surface area contributed by atoms with E-state index in [-0.39, 0.29) is 35.5 Å². The highest BCUT2D eigenvalue weighted by Gasteiger charge is 2.61. The standard InChI is InChI=1S/C31H23NO3/c1-18-7-6-8-21(17-18)35-20-15-13-19(14-16-20)32-30(33)28-26-22-9-2-3-10-23(22)27(29(28)31(32)34)25-12-5-4-11-24(25)26/h2-17,26-29H,1H3. The maximum Gasteiger partial charge on any atom is 0.238 e. The molecule has 4 aromatic carbocycles. The van der Waals surface area contributed by atoms with Crippen molar-refractivity contribution < 1.29 is 14.3 Å². The number of ether oxygens (including phenoxy) is 1. The largest absolute Gasteiger partial charge is 0.457 e. The van der Waals surface area contributed by atoms with Crippen molar-refractivity contribution in [2.24, 2.45) is 11.8 Å². The molecule has 1 fully saturated rings. The monoisotopic (exact) mass is 457 g/mol. The normalized spacial score (nSPS) is 23.6. The molecule has 0 aromatic heterocycles. The summed E-state index contributed by atoms with van der Waals surface area (Å²) in [5.41, 5.74) is 6.44. The molecule has 2 bridgehead atoms. The number of nitrogens with zero attached hydrogens (tertiary/aromatic N) is 1. The molecule has 170 valence electrons. The van der Waals surface area contributed by atoms with Crippen LogP contribution in [-0.2, 0) is 9.59 Å². The fourth-order valence-electron chi connectivity index (χ4n) is 6.41. The predicted octanol–water partition coefficient (Wildman–Crippen LogP) is 6.18. The molecule has 4 aliphatic rings. The lowest BCUT2D eigenvalue weighted by Gasteiger charge is -2.45. The Morgan fingerprint density at radius 3 is 1.60 bits per heavy atom. The van der Waals surface area contributed by atoms with Gasteiger partial charge >= 0.3 is 0 Å². The summed E-state index contributed by atoms with van der Waals surface area (Å²) >= 11 is 0.